The van der Waals surface area contributed by atoms with Crippen LogP contribution < -0.4 is 5.32 Å². The number of rotatable bonds is 5. The van der Waals surface area contributed by atoms with Crippen molar-refractivity contribution in [3.63, 3.8) is 0 Å². The summed E-state index contributed by atoms with van der Waals surface area (Å²) >= 11 is 1.64. The van der Waals surface area contributed by atoms with E-state index in [1.807, 2.05) is 18.5 Å². The monoisotopic (exact) mass is 460 g/mol. The van der Waals surface area contributed by atoms with Crippen LogP contribution in [-0.2, 0) is 13.6 Å². The quantitative estimate of drug-likeness (QED) is 0.413. The molecular weight excluding hydrogens is 436 g/mol. The van der Waals surface area contributed by atoms with Gasteiger partial charge in [-0.3, -0.25) is 0 Å². The molecule has 3 heterocycles. The van der Waals surface area contributed by atoms with Gasteiger partial charge in [-0.2, -0.15) is 4.80 Å². The molecule has 0 saturated heterocycles. The highest BCUT2D eigenvalue weighted by molar-refractivity contribution is 7.22. The normalized spacial score (nSPS) is 18.8. The fourth-order valence-electron chi connectivity index (χ4n) is 4.49. The Balaban J connectivity index is 1.23. The van der Waals surface area contributed by atoms with E-state index in [4.69, 9.17) is 4.98 Å². The van der Waals surface area contributed by atoms with Crippen LogP contribution >= 0.6 is 11.3 Å². The maximum absolute atomic E-state index is 10.3. The molecule has 0 amide bonds. The molecule has 1 aliphatic rings. The number of aryl methyl sites for hydroxylation is 1. The summed E-state index contributed by atoms with van der Waals surface area (Å²) in [6.07, 6.45) is 5.68. The van der Waals surface area contributed by atoms with Gasteiger partial charge in [-0.1, -0.05) is 30.2 Å². The maximum Gasteiger partial charge on any atom is 0.204 e. The molecule has 0 aliphatic heterocycles. The third-order valence-electron chi connectivity index (χ3n) is 6.23. The van der Waals surface area contributed by atoms with Gasteiger partial charge in [-0.25, -0.2) is 9.97 Å². The summed E-state index contributed by atoms with van der Waals surface area (Å²) < 4.78 is 3.28. The molecule has 1 aliphatic carbocycles. The van der Waals surface area contributed by atoms with Gasteiger partial charge in [0.25, 0.3) is 0 Å². The second kappa shape index (κ2) is 8.20. The van der Waals surface area contributed by atoms with Gasteiger partial charge in [0.15, 0.2) is 5.13 Å². The third-order valence-corrected chi connectivity index (χ3v) is 7.18. The van der Waals surface area contributed by atoms with Gasteiger partial charge in [-0.05, 0) is 54.0 Å². The van der Waals surface area contributed by atoms with E-state index in [1.165, 1.54) is 10.4 Å². The van der Waals surface area contributed by atoms with Gasteiger partial charge in [-0.15, -0.1) is 10.2 Å². The van der Waals surface area contributed by atoms with Crippen LogP contribution in [0.5, 0.6) is 0 Å². The van der Waals surface area contributed by atoms with Crippen molar-refractivity contribution in [3.8, 4) is 11.4 Å². The first-order valence-corrected chi connectivity index (χ1v) is 12.0. The SMILES string of the molecule is Cn1nnc(-c2ccc3c(c2)ncn3Cc2ccc3nc(N[C@@H]4CCCC[C@H]4O)sc3c2)n1. The standard InChI is InChI=1S/C23H24N8OS/c1-30-28-22(27-29-30)15-7-9-19-18(11-15)24-13-31(19)12-14-6-8-17-21(10-14)33-23(26-17)25-16-4-2-3-5-20(16)32/h6-11,13,16,20,32H,2-5,12H2,1H3,(H,25,26)/t16-,20-/m1/s1. The molecule has 9 nitrogen and oxygen atoms in total. The molecule has 6 rings (SSSR count). The summed E-state index contributed by atoms with van der Waals surface area (Å²) in [7, 11) is 1.75. The number of aliphatic hydroxyl groups is 1. The first-order valence-electron chi connectivity index (χ1n) is 11.2. The first kappa shape index (κ1) is 20.3. The number of aliphatic hydroxyl groups excluding tert-OH is 1. The van der Waals surface area contributed by atoms with Crippen molar-refractivity contribution < 1.29 is 5.11 Å². The number of thiazole rings is 1. The zero-order valence-corrected chi connectivity index (χ0v) is 19.0. The number of hydrogen-bond donors (Lipinski definition) is 2. The Labute approximate surface area is 194 Å². The minimum Gasteiger partial charge on any atom is -0.391 e. The van der Waals surface area contributed by atoms with E-state index in [0.717, 1.165) is 64.2 Å². The predicted molar refractivity (Wildman–Crippen MR) is 128 cm³/mol. The number of imidazole rings is 1. The molecule has 10 heteroatoms. The summed E-state index contributed by atoms with van der Waals surface area (Å²) in [5, 5.41) is 26.9. The number of anilines is 1. The highest BCUT2D eigenvalue weighted by Crippen LogP contribution is 2.30. The molecule has 2 N–H and O–H groups in total. The van der Waals surface area contributed by atoms with Crippen LogP contribution in [0, 0.1) is 0 Å². The van der Waals surface area contributed by atoms with E-state index < -0.39 is 0 Å². The van der Waals surface area contributed by atoms with Crippen LogP contribution in [0.1, 0.15) is 31.2 Å². The summed E-state index contributed by atoms with van der Waals surface area (Å²) in [5.74, 6) is 0.592. The topological polar surface area (TPSA) is 107 Å². The highest BCUT2D eigenvalue weighted by Gasteiger charge is 2.23. The van der Waals surface area contributed by atoms with Crippen LogP contribution in [-0.4, -0.2) is 52.0 Å². The number of aromatic nitrogens is 7. The van der Waals surface area contributed by atoms with Crippen LogP contribution in [0.4, 0.5) is 5.13 Å². The van der Waals surface area contributed by atoms with E-state index >= 15 is 0 Å². The van der Waals surface area contributed by atoms with Crippen molar-refractivity contribution in [2.75, 3.05) is 5.32 Å². The van der Waals surface area contributed by atoms with E-state index in [1.54, 1.807) is 18.4 Å². The van der Waals surface area contributed by atoms with E-state index in [0.29, 0.717) is 5.82 Å². The number of tetrazole rings is 1. The smallest absolute Gasteiger partial charge is 0.204 e. The third kappa shape index (κ3) is 3.96. The number of fused-ring (bicyclic) bond motifs is 2. The lowest BCUT2D eigenvalue weighted by Gasteiger charge is -2.27. The highest BCUT2D eigenvalue weighted by atomic mass is 32.1. The van der Waals surface area contributed by atoms with E-state index in [9.17, 15) is 5.11 Å². The zero-order valence-electron chi connectivity index (χ0n) is 18.2. The molecule has 33 heavy (non-hydrogen) atoms. The Morgan fingerprint density at radius 1 is 1.12 bits per heavy atom. The minimum atomic E-state index is -0.291. The first-order chi connectivity index (χ1) is 16.1. The Morgan fingerprint density at radius 3 is 2.88 bits per heavy atom. The van der Waals surface area contributed by atoms with Crippen molar-refractivity contribution in [1.82, 2.24) is 34.7 Å². The van der Waals surface area contributed by atoms with Gasteiger partial charge in [0.1, 0.15) is 0 Å². The van der Waals surface area contributed by atoms with Crippen molar-refractivity contribution in [2.45, 2.75) is 44.4 Å². The van der Waals surface area contributed by atoms with Gasteiger partial charge >= 0.3 is 0 Å². The Bertz CT molecular complexity index is 1440. The van der Waals surface area contributed by atoms with Crippen molar-refractivity contribution in [3.05, 3.63) is 48.3 Å². The van der Waals surface area contributed by atoms with E-state index in [2.05, 4.69) is 54.5 Å². The summed E-state index contributed by atoms with van der Waals surface area (Å²) in [5.41, 5.74) is 5.02. The second-order valence-electron chi connectivity index (χ2n) is 8.60. The van der Waals surface area contributed by atoms with E-state index in [-0.39, 0.29) is 12.1 Å². The molecule has 5 aromatic rings. The van der Waals surface area contributed by atoms with Crippen molar-refractivity contribution in [2.24, 2.45) is 7.05 Å². The van der Waals surface area contributed by atoms with Gasteiger partial charge < -0.3 is 15.0 Å². The fraction of sp³-hybridized carbons (Fsp3) is 0.348. The van der Waals surface area contributed by atoms with Gasteiger partial charge in [0, 0.05) is 12.1 Å². The molecule has 168 valence electrons. The number of nitrogens with one attached hydrogen (secondary N) is 1. The molecule has 0 radical (unpaired) electrons. The maximum atomic E-state index is 10.3. The number of nitrogens with zero attached hydrogens (tertiary/aromatic N) is 7. The Kier molecular flexibility index (Phi) is 5.03. The molecule has 0 unspecified atom stereocenters. The van der Waals surface area contributed by atoms with Crippen LogP contribution in [0.3, 0.4) is 0 Å². The van der Waals surface area contributed by atoms with Crippen LogP contribution in [0.2, 0.25) is 0 Å². The Morgan fingerprint density at radius 2 is 2.03 bits per heavy atom. The van der Waals surface area contributed by atoms with Gasteiger partial charge in [0.2, 0.25) is 5.82 Å². The number of hydrogen-bond acceptors (Lipinski definition) is 8. The average molecular weight is 461 g/mol. The molecule has 2 aromatic carbocycles. The Hall–Kier alpha value is -3.37. The molecule has 3 aromatic heterocycles. The lowest BCUT2D eigenvalue weighted by Crippen LogP contribution is -2.36. The molecule has 2 atom stereocenters. The van der Waals surface area contributed by atoms with Gasteiger partial charge in [0.05, 0.1) is 46.8 Å². The number of benzene rings is 2. The molecule has 0 bridgehead atoms. The largest absolute Gasteiger partial charge is 0.391 e. The molecule has 0 spiro atoms. The van der Waals surface area contributed by atoms with Crippen molar-refractivity contribution in [1.29, 1.82) is 0 Å². The predicted octanol–water partition coefficient (Wildman–Crippen LogP) is 3.60. The fourth-order valence-corrected chi connectivity index (χ4v) is 5.48. The summed E-state index contributed by atoms with van der Waals surface area (Å²) in [6, 6.07) is 12.5. The molecule has 1 fully saturated rings. The lowest BCUT2D eigenvalue weighted by atomic mass is 9.93. The second-order valence-corrected chi connectivity index (χ2v) is 9.63. The molecular formula is C23H24N8OS. The van der Waals surface area contributed by atoms with Crippen LogP contribution in [0.25, 0.3) is 32.6 Å². The molecule has 1 saturated carbocycles. The lowest BCUT2D eigenvalue weighted by molar-refractivity contribution is 0.116. The summed E-state index contributed by atoms with van der Waals surface area (Å²) in [6.45, 7) is 0.719. The average Bonchev–Trinajstić information content (AvgIpc) is 3.53. The van der Waals surface area contributed by atoms with Crippen LogP contribution in [0.15, 0.2) is 42.7 Å². The summed E-state index contributed by atoms with van der Waals surface area (Å²) in [4.78, 5) is 10.8. The zero-order chi connectivity index (χ0) is 22.4. The van der Waals surface area contributed by atoms with Crippen molar-refractivity contribution >= 4 is 37.7 Å². The minimum absolute atomic E-state index is 0.0954.